The average molecular weight is 218 g/mol. The Bertz CT molecular complexity index is 352. The SMILES string of the molecule is CC=C(CC)CCOC(=O)c1ccccc1. The molecule has 0 amide bonds. The molecular formula is C14H18O2. The number of esters is 1. The highest BCUT2D eigenvalue weighted by Gasteiger charge is 2.05. The summed E-state index contributed by atoms with van der Waals surface area (Å²) in [6.07, 6.45) is 3.92. The van der Waals surface area contributed by atoms with Crippen molar-refractivity contribution >= 4 is 5.97 Å². The van der Waals surface area contributed by atoms with E-state index in [1.807, 2.05) is 25.1 Å². The number of ether oxygens (including phenoxy) is 1. The molecule has 0 N–H and O–H groups in total. The van der Waals surface area contributed by atoms with Crippen LogP contribution in [0.5, 0.6) is 0 Å². The molecule has 0 bridgehead atoms. The minimum absolute atomic E-state index is 0.243. The van der Waals surface area contributed by atoms with E-state index < -0.39 is 0 Å². The van der Waals surface area contributed by atoms with Crippen LogP contribution in [0.3, 0.4) is 0 Å². The van der Waals surface area contributed by atoms with Gasteiger partial charge in [0, 0.05) is 6.42 Å². The maximum absolute atomic E-state index is 11.6. The lowest BCUT2D eigenvalue weighted by Gasteiger charge is -2.06. The number of hydrogen-bond donors (Lipinski definition) is 0. The fourth-order valence-corrected chi connectivity index (χ4v) is 1.46. The zero-order valence-corrected chi connectivity index (χ0v) is 9.90. The maximum atomic E-state index is 11.6. The Hall–Kier alpha value is -1.57. The van der Waals surface area contributed by atoms with E-state index in [0.29, 0.717) is 12.2 Å². The zero-order chi connectivity index (χ0) is 11.8. The molecule has 1 aromatic carbocycles. The van der Waals surface area contributed by atoms with Crippen LogP contribution in [0.25, 0.3) is 0 Å². The molecule has 1 rings (SSSR count). The van der Waals surface area contributed by atoms with Crippen LogP contribution < -0.4 is 0 Å². The number of rotatable bonds is 5. The van der Waals surface area contributed by atoms with Gasteiger partial charge in [0.1, 0.15) is 0 Å². The van der Waals surface area contributed by atoms with Gasteiger partial charge >= 0.3 is 5.97 Å². The Morgan fingerprint density at radius 1 is 1.31 bits per heavy atom. The van der Waals surface area contributed by atoms with Crippen LogP contribution in [0.4, 0.5) is 0 Å². The molecular weight excluding hydrogens is 200 g/mol. The maximum Gasteiger partial charge on any atom is 0.338 e. The topological polar surface area (TPSA) is 26.3 Å². The third kappa shape index (κ3) is 3.89. The van der Waals surface area contributed by atoms with E-state index in [1.165, 1.54) is 5.57 Å². The molecule has 0 aromatic heterocycles. The monoisotopic (exact) mass is 218 g/mol. The lowest BCUT2D eigenvalue weighted by Crippen LogP contribution is -2.06. The van der Waals surface area contributed by atoms with Gasteiger partial charge in [0.2, 0.25) is 0 Å². The van der Waals surface area contributed by atoms with Crippen LogP contribution in [0.1, 0.15) is 37.0 Å². The second-order valence-corrected chi connectivity index (χ2v) is 3.55. The van der Waals surface area contributed by atoms with E-state index in [2.05, 4.69) is 13.0 Å². The summed E-state index contributed by atoms with van der Waals surface area (Å²) in [6.45, 7) is 4.58. The highest BCUT2D eigenvalue weighted by Crippen LogP contribution is 2.07. The van der Waals surface area contributed by atoms with E-state index in [0.717, 1.165) is 12.8 Å². The van der Waals surface area contributed by atoms with Crippen molar-refractivity contribution in [3.05, 3.63) is 47.5 Å². The van der Waals surface area contributed by atoms with Crippen LogP contribution in [0.15, 0.2) is 42.0 Å². The summed E-state index contributed by atoms with van der Waals surface area (Å²) >= 11 is 0. The van der Waals surface area contributed by atoms with Gasteiger partial charge in [0.15, 0.2) is 0 Å². The van der Waals surface area contributed by atoms with Gasteiger partial charge in [-0.2, -0.15) is 0 Å². The normalized spacial score (nSPS) is 11.2. The van der Waals surface area contributed by atoms with Crippen LogP contribution in [0.2, 0.25) is 0 Å². The molecule has 0 radical (unpaired) electrons. The summed E-state index contributed by atoms with van der Waals surface area (Å²) in [5.74, 6) is -0.243. The molecule has 0 fully saturated rings. The fraction of sp³-hybridized carbons (Fsp3) is 0.357. The van der Waals surface area contributed by atoms with Crippen LogP contribution >= 0.6 is 0 Å². The molecule has 0 aliphatic heterocycles. The molecule has 0 saturated carbocycles. The largest absolute Gasteiger partial charge is 0.462 e. The molecule has 0 heterocycles. The van der Waals surface area contributed by atoms with E-state index >= 15 is 0 Å². The van der Waals surface area contributed by atoms with Gasteiger partial charge in [-0.1, -0.05) is 36.8 Å². The summed E-state index contributed by atoms with van der Waals surface area (Å²) in [7, 11) is 0. The van der Waals surface area contributed by atoms with Gasteiger partial charge < -0.3 is 4.74 Å². The smallest absolute Gasteiger partial charge is 0.338 e. The highest BCUT2D eigenvalue weighted by molar-refractivity contribution is 5.89. The molecule has 0 aliphatic carbocycles. The van der Waals surface area contributed by atoms with Crippen molar-refractivity contribution in [3.8, 4) is 0 Å². The van der Waals surface area contributed by atoms with Crippen molar-refractivity contribution in [2.45, 2.75) is 26.7 Å². The second kappa shape index (κ2) is 6.83. The first-order valence-corrected chi connectivity index (χ1v) is 5.64. The Morgan fingerprint density at radius 3 is 2.56 bits per heavy atom. The Labute approximate surface area is 96.9 Å². The van der Waals surface area contributed by atoms with Gasteiger partial charge in [0.25, 0.3) is 0 Å². The number of carbonyl (C=O) groups excluding carboxylic acids is 1. The van der Waals surface area contributed by atoms with Gasteiger partial charge in [-0.3, -0.25) is 0 Å². The predicted molar refractivity (Wildman–Crippen MR) is 65.4 cm³/mol. The Kier molecular flexibility index (Phi) is 5.34. The molecule has 86 valence electrons. The fourth-order valence-electron chi connectivity index (χ4n) is 1.46. The number of hydrogen-bond acceptors (Lipinski definition) is 2. The third-order valence-electron chi connectivity index (χ3n) is 2.53. The first-order chi connectivity index (χ1) is 7.77. The quantitative estimate of drug-likeness (QED) is 0.557. The lowest BCUT2D eigenvalue weighted by molar-refractivity contribution is 0.0508. The van der Waals surface area contributed by atoms with Crippen molar-refractivity contribution in [3.63, 3.8) is 0 Å². The van der Waals surface area contributed by atoms with E-state index in [9.17, 15) is 4.79 Å². The van der Waals surface area contributed by atoms with Crippen molar-refractivity contribution in [1.82, 2.24) is 0 Å². The third-order valence-corrected chi connectivity index (χ3v) is 2.53. The molecule has 2 nitrogen and oxygen atoms in total. The average Bonchev–Trinajstić information content (AvgIpc) is 2.35. The number of carbonyl (C=O) groups is 1. The van der Waals surface area contributed by atoms with Gasteiger partial charge in [0.05, 0.1) is 12.2 Å². The van der Waals surface area contributed by atoms with Crippen molar-refractivity contribution in [2.75, 3.05) is 6.61 Å². The van der Waals surface area contributed by atoms with Crippen LogP contribution in [-0.4, -0.2) is 12.6 Å². The first kappa shape index (κ1) is 12.5. The molecule has 0 unspecified atom stereocenters. The molecule has 0 aliphatic rings. The Balaban J connectivity index is 2.37. The Morgan fingerprint density at radius 2 is 2.00 bits per heavy atom. The second-order valence-electron chi connectivity index (χ2n) is 3.55. The molecule has 16 heavy (non-hydrogen) atoms. The van der Waals surface area contributed by atoms with Gasteiger partial charge in [-0.25, -0.2) is 4.79 Å². The molecule has 1 aromatic rings. The summed E-state index contributed by atoms with van der Waals surface area (Å²) < 4.78 is 5.18. The van der Waals surface area contributed by atoms with Gasteiger partial charge in [-0.05, 0) is 25.5 Å². The summed E-state index contributed by atoms with van der Waals surface area (Å²) in [4.78, 5) is 11.6. The standard InChI is InChI=1S/C14H18O2/c1-3-12(4-2)10-11-16-14(15)13-8-6-5-7-9-13/h3,5-9H,4,10-11H2,1-2H3. The van der Waals surface area contributed by atoms with Crippen molar-refractivity contribution < 1.29 is 9.53 Å². The lowest BCUT2D eigenvalue weighted by atomic mass is 10.1. The van der Waals surface area contributed by atoms with E-state index in [1.54, 1.807) is 12.1 Å². The van der Waals surface area contributed by atoms with E-state index in [4.69, 9.17) is 4.74 Å². The molecule has 0 atom stereocenters. The predicted octanol–water partition coefficient (Wildman–Crippen LogP) is 3.59. The highest BCUT2D eigenvalue weighted by atomic mass is 16.5. The number of benzene rings is 1. The molecule has 0 spiro atoms. The minimum Gasteiger partial charge on any atom is -0.462 e. The first-order valence-electron chi connectivity index (χ1n) is 5.64. The zero-order valence-electron chi connectivity index (χ0n) is 9.90. The van der Waals surface area contributed by atoms with Crippen molar-refractivity contribution in [2.24, 2.45) is 0 Å². The minimum atomic E-state index is -0.243. The summed E-state index contributed by atoms with van der Waals surface area (Å²) in [5.41, 5.74) is 1.93. The van der Waals surface area contributed by atoms with Crippen LogP contribution in [-0.2, 0) is 4.74 Å². The summed E-state index contributed by atoms with van der Waals surface area (Å²) in [6, 6.07) is 9.07. The van der Waals surface area contributed by atoms with Gasteiger partial charge in [-0.15, -0.1) is 0 Å². The van der Waals surface area contributed by atoms with Crippen molar-refractivity contribution in [1.29, 1.82) is 0 Å². The molecule has 0 saturated heterocycles. The summed E-state index contributed by atoms with van der Waals surface area (Å²) in [5, 5.41) is 0. The number of allylic oxidation sites excluding steroid dienone is 1. The van der Waals surface area contributed by atoms with E-state index in [-0.39, 0.29) is 5.97 Å². The van der Waals surface area contributed by atoms with Crippen LogP contribution in [0, 0.1) is 0 Å². The molecule has 2 heteroatoms.